The Bertz CT molecular complexity index is 1270. The molecule has 2 fully saturated rings. The van der Waals surface area contributed by atoms with Crippen molar-refractivity contribution in [1.29, 1.82) is 0 Å². The number of aliphatic hydroxyl groups excluding tert-OH is 1. The minimum Gasteiger partial charge on any atom is -0.430 e. The number of esters is 1. The summed E-state index contributed by atoms with van der Waals surface area (Å²) in [6.07, 6.45) is 10.7. The van der Waals surface area contributed by atoms with Crippen LogP contribution in [0.5, 0.6) is 0 Å². The van der Waals surface area contributed by atoms with Crippen molar-refractivity contribution in [3.63, 3.8) is 0 Å². The lowest BCUT2D eigenvalue weighted by molar-refractivity contribution is -0.160. The van der Waals surface area contributed by atoms with Gasteiger partial charge in [-0.05, 0) is 67.4 Å². The number of aliphatic hydroxyl groups is 1. The molecule has 2 aliphatic carbocycles. The van der Waals surface area contributed by atoms with Crippen LogP contribution in [-0.2, 0) is 26.1 Å². The second kappa shape index (κ2) is 10.2. The van der Waals surface area contributed by atoms with Crippen LogP contribution in [0.4, 0.5) is 5.69 Å². The molecule has 6 nitrogen and oxygen atoms in total. The Labute approximate surface area is 213 Å². The van der Waals surface area contributed by atoms with Gasteiger partial charge < -0.3 is 9.84 Å². The van der Waals surface area contributed by atoms with E-state index in [1.165, 1.54) is 10.6 Å². The third-order valence-corrected chi connectivity index (χ3v) is 8.69. The third kappa shape index (κ3) is 5.27. The van der Waals surface area contributed by atoms with Crippen molar-refractivity contribution in [1.82, 2.24) is 0 Å². The highest BCUT2D eigenvalue weighted by Gasteiger charge is 2.50. The first kappa shape index (κ1) is 24.8. The van der Waals surface area contributed by atoms with Gasteiger partial charge in [0.05, 0.1) is 30.5 Å². The Morgan fingerprint density at radius 3 is 2.58 bits per heavy atom. The number of carbonyl (C=O) groups is 1. The summed E-state index contributed by atoms with van der Waals surface area (Å²) in [5, 5.41) is 11.5. The first-order valence-electron chi connectivity index (χ1n) is 12.7. The summed E-state index contributed by atoms with van der Waals surface area (Å²) in [7, 11) is -3.55. The predicted molar refractivity (Wildman–Crippen MR) is 140 cm³/mol. The average Bonchev–Trinajstić information content (AvgIpc) is 3.67. The number of sulfonamides is 1. The molecule has 0 radical (unpaired) electrons. The topological polar surface area (TPSA) is 83.9 Å². The van der Waals surface area contributed by atoms with Crippen molar-refractivity contribution in [2.24, 2.45) is 17.8 Å². The van der Waals surface area contributed by atoms with Crippen LogP contribution in [0.2, 0.25) is 0 Å². The van der Waals surface area contributed by atoms with Gasteiger partial charge in [0, 0.05) is 11.8 Å². The molecule has 1 aliphatic heterocycles. The second-order valence-electron chi connectivity index (χ2n) is 10.2. The molecule has 0 spiro atoms. The quantitative estimate of drug-likeness (QED) is 0.538. The molecule has 4 atom stereocenters. The van der Waals surface area contributed by atoms with E-state index < -0.39 is 28.0 Å². The Kier molecular flexibility index (Phi) is 7.04. The number of allylic oxidation sites excluding steroid dienone is 3. The minimum absolute atomic E-state index is 0.215. The molecule has 0 aromatic heterocycles. The molecule has 3 aliphatic rings. The third-order valence-electron chi connectivity index (χ3n) is 7.55. The molecule has 1 saturated carbocycles. The van der Waals surface area contributed by atoms with Gasteiger partial charge in [0.25, 0.3) is 0 Å². The number of anilines is 1. The normalized spacial score (nSPS) is 25.1. The van der Waals surface area contributed by atoms with E-state index in [9.17, 15) is 18.3 Å². The monoisotopic (exact) mass is 507 g/mol. The van der Waals surface area contributed by atoms with E-state index in [-0.39, 0.29) is 24.3 Å². The van der Waals surface area contributed by atoms with Crippen LogP contribution in [0.25, 0.3) is 0 Å². The van der Waals surface area contributed by atoms with Gasteiger partial charge >= 0.3 is 5.97 Å². The lowest BCUT2D eigenvalue weighted by Crippen LogP contribution is -2.46. The van der Waals surface area contributed by atoms with Crippen LogP contribution >= 0.6 is 0 Å². The van der Waals surface area contributed by atoms with Crippen LogP contribution in [0, 0.1) is 17.8 Å². The zero-order valence-corrected chi connectivity index (χ0v) is 21.3. The summed E-state index contributed by atoms with van der Waals surface area (Å²) in [4.78, 5) is 13.3. The standard InChI is InChI=1S/C29H33NO5S/c1-36(33,34)30(19-20-10-5-4-6-11-20)23-13-9-12-22(18-23)26(21-16-17-21)27-28(31)24-14-7-2-3-8-15-25(24)35-29(27)32/h3-6,8-13,15,18,21,24,26-28,31H,2,7,14,16-17,19H2,1H3. The van der Waals surface area contributed by atoms with Gasteiger partial charge in [0.15, 0.2) is 0 Å². The highest BCUT2D eigenvalue weighted by atomic mass is 32.2. The molecule has 36 heavy (non-hydrogen) atoms. The van der Waals surface area contributed by atoms with Gasteiger partial charge in [-0.1, -0.05) is 54.6 Å². The van der Waals surface area contributed by atoms with Crippen LogP contribution in [-0.4, -0.2) is 31.9 Å². The Morgan fingerprint density at radius 1 is 1.08 bits per heavy atom. The highest BCUT2D eigenvalue weighted by Crippen LogP contribution is 2.51. The van der Waals surface area contributed by atoms with E-state index in [1.807, 2.05) is 60.7 Å². The smallest absolute Gasteiger partial charge is 0.317 e. The van der Waals surface area contributed by atoms with Crippen molar-refractivity contribution >= 4 is 21.7 Å². The molecule has 4 unspecified atom stereocenters. The van der Waals surface area contributed by atoms with E-state index in [0.29, 0.717) is 11.4 Å². The maximum Gasteiger partial charge on any atom is 0.317 e. The molecule has 0 amide bonds. The number of benzene rings is 2. The molecule has 1 heterocycles. The van der Waals surface area contributed by atoms with Crippen LogP contribution in [0.15, 0.2) is 78.6 Å². The highest BCUT2D eigenvalue weighted by molar-refractivity contribution is 7.92. The number of hydrogen-bond acceptors (Lipinski definition) is 5. The number of fused-ring (bicyclic) bond motifs is 1. The van der Waals surface area contributed by atoms with Gasteiger partial charge in [-0.2, -0.15) is 0 Å². The van der Waals surface area contributed by atoms with Crippen molar-refractivity contribution in [3.05, 3.63) is 89.7 Å². The number of rotatable bonds is 7. The molecular formula is C29H33NO5S. The van der Waals surface area contributed by atoms with E-state index in [0.717, 1.165) is 43.2 Å². The predicted octanol–water partition coefficient (Wildman–Crippen LogP) is 4.92. The molecule has 0 bridgehead atoms. The van der Waals surface area contributed by atoms with Gasteiger partial charge in [-0.3, -0.25) is 9.10 Å². The number of carbonyl (C=O) groups excluding carboxylic acids is 1. The van der Waals surface area contributed by atoms with Gasteiger partial charge in [0.2, 0.25) is 10.0 Å². The maximum absolute atomic E-state index is 13.3. The van der Waals surface area contributed by atoms with Crippen molar-refractivity contribution in [2.75, 3.05) is 10.6 Å². The van der Waals surface area contributed by atoms with Gasteiger partial charge in [0.1, 0.15) is 5.76 Å². The van der Waals surface area contributed by atoms with Crippen molar-refractivity contribution in [3.8, 4) is 0 Å². The molecule has 190 valence electrons. The van der Waals surface area contributed by atoms with Crippen LogP contribution < -0.4 is 4.31 Å². The maximum atomic E-state index is 13.3. The average molecular weight is 508 g/mol. The summed E-state index contributed by atoms with van der Waals surface area (Å²) in [5.41, 5.74) is 2.31. The zero-order valence-electron chi connectivity index (χ0n) is 20.5. The Morgan fingerprint density at radius 2 is 1.86 bits per heavy atom. The van der Waals surface area contributed by atoms with Crippen molar-refractivity contribution in [2.45, 2.75) is 50.7 Å². The first-order chi connectivity index (χ1) is 17.3. The Hall–Kier alpha value is -2.90. The van der Waals surface area contributed by atoms with Gasteiger partial charge in [-0.25, -0.2) is 8.42 Å². The van der Waals surface area contributed by atoms with Gasteiger partial charge in [-0.15, -0.1) is 0 Å². The van der Waals surface area contributed by atoms with E-state index in [2.05, 4.69) is 6.08 Å². The van der Waals surface area contributed by atoms with E-state index in [4.69, 9.17) is 4.74 Å². The fraction of sp³-hybridized carbons (Fsp3) is 0.414. The largest absolute Gasteiger partial charge is 0.430 e. The summed E-state index contributed by atoms with van der Waals surface area (Å²) in [6.45, 7) is 0.217. The molecule has 7 heteroatoms. The lowest BCUT2D eigenvalue weighted by atomic mass is 9.72. The molecular weight excluding hydrogens is 474 g/mol. The molecule has 2 aromatic rings. The first-order valence-corrected chi connectivity index (χ1v) is 14.6. The SMILES string of the molecule is CS(=O)(=O)N(Cc1ccccc1)c1cccc(C(C2CC2)C2C(=O)OC3=CC=CCCCC3C2O)c1. The molecule has 5 rings (SSSR count). The van der Waals surface area contributed by atoms with E-state index >= 15 is 0 Å². The summed E-state index contributed by atoms with van der Waals surface area (Å²) < 4.78 is 32.8. The zero-order chi connectivity index (χ0) is 25.3. The molecule has 2 aromatic carbocycles. The number of nitrogens with zero attached hydrogens (tertiary/aromatic N) is 1. The fourth-order valence-electron chi connectivity index (χ4n) is 5.63. The Balaban J connectivity index is 1.49. The van der Waals surface area contributed by atoms with Crippen molar-refractivity contribution < 1.29 is 23.1 Å². The second-order valence-corrected chi connectivity index (χ2v) is 12.1. The number of hydrogen-bond donors (Lipinski definition) is 1. The molecule has 1 saturated heterocycles. The van der Waals surface area contributed by atoms with E-state index in [1.54, 1.807) is 6.07 Å². The summed E-state index contributed by atoms with van der Waals surface area (Å²) >= 11 is 0. The molecule has 1 N–H and O–H groups in total. The lowest BCUT2D eigenvalue weighted by Gasteiger charge is -2.39. The van der Waals surface area contributed by atoms with Crippen LogP contribution in [0.1, 0.15) is 49.1 Å². The van der Waals surface area contributed by atoms with Crippen LogP contribution in [0.3, 0.4) is 0 Å². The minimum atomic E-state index is -3.55. The number of ether oxygens (including phenoxy) is 1. The summed E-state index contributed by atoms with van der Waals surface area (Å²) in [5.74, 6) is -0.716. The summed E-state index contributed by atoms with van der Waals surface area (Å²) in [6, 6.07) is 16.9. The fourth-order valence-corrected chi connectivity index (χ4v) is 6.51.